The number of benzene rings is 1. The summed E-state index contributed by atoms with van der Waals surface area (Å²) < 4.78 is 0.294. The minimum Gasteiger partial charge on any atom is -0.480 e. The number of thiocarbonyl (C=S) groups is 1. The Morgan fingerprint density at radius 3 is 2.53 bits per heavy atom. The van der Waals surface area contributed by atoms with Crippen molar-refractivity contribution in [2.75, 3.05) is 24.5 Å². The quantitative estimate of drug-likeness (QED) is 0.321. The number of amides is 1. The molecule has 0 spiro atoms. The van der Waals surface area contributed by atoms with E-state index in [0.717, 1.165) is 41.2 Å². The molecule has 0 radical (unpaired) electrons. The molecule has 162 valence electrons. The van der Waals surface area contributed by atoms with E-state index in [1.807, 2.05) is 12.1 Å². The molecule has 30 heavy (non-hydrogen) atoms. The largest absolute Gasteiger partial charge is 0.480 e. The lowest BCUT2D eigenvalue weighted by atomic mass is 9.91. The van der Waals surface area contributed by atoms with Gasteiger partial charge in [-0.25, -0.2) is 0 Å². The maximum absolute atomic E-state index is 12.4. The Morgan fingerprint density at radius 2 is 1.90 bits per heavy atom. The van der Waals surface area contributed by atoms with Crippen molar-refractivity contribution >= 4 is 51.9 Å². The van der Waals surface area contributed by atoms with Gasteiger partial charge in [-0.15, -0.1) is 0 Å². The third-order valence-corrected chi connectivity index (χ3v) is 7.18. The number of aliphatic carboxylic acids is 1. The summed E-state index contributed by atoms with van der Waals surface area (Å²) in [7, 11) is 0. The molecule has 2 aliphatic heterocycles. The molecule has 0 atom stereocenters. The highest BCUT2D eigenvalue weighted by Crippen LogP contribution is 2.33. The smallest absolute Gasteiger partial charge is 0.323 e. The predicted octanol–water partition coefficient (Wildman–Crippen LogP) is 5.16. The molecule has 0 aromatic heterocycles. The number of carboxylic acid groups (broad SMARTS) is 1. The maximum Gasteiger partial charge on any atom is 0.323 e. The van der Waals surface area contributed by atoms with Crippen LogP contribution in [0.15, 0.2) is 29.2 Å². The summed E-state index contributed by atoms with van der Waals surface area (Å²) in [6.07, 6.45) is 11.1. The van der Waals surface area contributed by atoms with E-state index in [1.54, 1.807) is 6.08 Å². The summed E-state index contributed by atoms with van der Waals surface area (Å²) in [5.74, 6) is -0.538. The maximum atomic E-state index is 12.4. The van der Waals surface area contributed by atoms with Gasteiger partial charge in [0.25, 0.3) is 5.91 Å². The molecule has 2 heterocycles. The van der Waals surface area contributed by atoms with Gasteiger partial charge in [-0.05, 0) is 42.5 Å². The number of hydrogen-bond acceptors (Lipinski definition) is 5. The number of carbonyl (C=O) groups is 2. The van der Waals surface area contributed by atoms with Crippen LogP contribution in [0.5, 0.6) is 0 Å². The fourth-order valence-electron chi connectivity index (χ4n) is 4.04. The van der Waals surface area contributed by atoms with Crippen LogP contribution in [-0.2, 0) is 9.59 Å². The van der Waals surface area contributed by atoms with E-state index in [9.17, 15) is 9.59 Å². The third-order valence-electron chi connectivity index (χ3n) is 5.80. The number of rotatable bonds is 9. The molecule has 3 rings (SSSR count). The highest BCUT2D eigenvalue weighted by Gasteiger charge is 2.33. The van der Waals surface area contributed by atoms with Gasteiger partial charge in [0.05, 0.1) is 4.91 Å². The van der Waals surface area contributed by atoms with Gasteiger partial charge in [-0.3, -0.25) is 14.5 Å². The van der Waals surface area contributed by atoms with Crippen LogP contribution < -0.4 is 4.90 Å². The summed E-state index contributed by atoms with van der Waals surface area (Å²) >= 11 is 6.30. The molecular formula is C23H30N2O3S2. The van der Waals surface area contributed by atoms with Crippen molar-refractivity contribution in [1.82, 2.24) is 4.90 Å². The number of carboxylic acids is 1. The lowest BCUT2D eigenvalue weighted by molar-refractivity contribution is -0.140. The summed E-state index contributed by atoms with van der Waals surface area (Å²) in [5, 5.41) is 8.93. The average Bonchev–Trinajstić information content (AvgIpc) is 2.99. The summed E-state index contributed by atoms with van der Waals surface area (Å²) in [4.78, 5) is 27.3. The second-order valence-electron chi connectivity index (χ2n) is 8.03. The van der Waals surface area contributed by atoms with Crippen LogP contribution >= 0.6 is 24.0 Å². The van der Waals surface area contributed by atoms with Crippen molar-refractivity contribution in [3.63, 3.8) is 0 Å². The van der Waals surface area contributed by atoms with Crippen LogP contribution in [0.25, 0.3) is 6.08 Å². The van der Waals surface area contributed by atoms with Crippen LogP contribution in [0.1, 0.15) is 57.4 Å². The van der Waals surface area contributed by atoms with Gasteiger partial charge < -0.3 is 10.0 Å². The SMILES string of the molecule is CCCCCCC1CCN(c2ccc(/C=C3\SC(=S)N(CC(=O)O)C3=O)cc2)CC1. The van der Waals surface area contributed by atoms with Gasteiger partial charge in [0.2, 0.25) is 0 Å². The van der Waals surface area contributed by atoms with E-state index in [1.165, 1.54) is 50.6 Å². The predicted molar refractivity (Wildman–Crippen MR) is 128 cm³/mol. The Balaban J connectivity index is 1.53. The number of thioether (sulfide) groups is 1. The number of unbranched alkanes of at least 4 members (excludes halogenated alkanes) is 3. The average molecular weight is 447 g/mol. The molecule has 5 nitrogen and oxygen atoms in total. The third kappa shape index (κ3) is 6.08. The van der Waals surface area contributed by atoms with E-state index < -0.39 is 12.5 Å². The molecule has 2 fully saturated rings. The van der Waals surface area contributed by atoms with E-state index in [4.69, 9.17) is 17.3 Å². The van der Waals surface area contributed by atoms with Crippen LogP contribution in [0.3, 0.4) is 0 Å². The van der Waals surface area contributed by atoms with E-state index in [2.05, 4.69) is 24.0 Å². The van der Waals surface area contributed by atoms with Crippen molar-refractivity contribution in [3.8, 4) is 0 Å². The molecule has 2 saturated heterocycles. The number of piperidine rings is 1. The molecule has 0 aliphatic carbocycles. The zero-order valence-electron chi connectivity index (χ0n) is 17.5. The van der Waals surface area contributed by atoms with Gasteiger partial charge >= 0.3 is 5.97 Å². The zero-order chi connectivity index (χ0) is 21.5. The van der Waals surface area contributed by atoms with Crippen molar-refractivity contribution in [1.29, 1.82) is 0 Å². The highest BCUT2D eigenvalue weighted by molar-refractivity contribution is 8.26. The summed E-state index contributed by atoms with van der Waals surface area (Å²) in [5.41, 5.74) is 2.13. The molecule has 1 aromatic rings. The van der Waals surface area contributed by atoms with Crippen LogP contribution in [0, 0.1) is 5.92 Å². The van der Waals surface area contributed by atoms with Crippen LogP contribution in [0.4, 0.5) is 5.69 Å². The minimum absolute atomic E-state index is 0.294. The summed E-state index contributed by atoms with van der Waals surface area (Å²) in [6.45, 7) is 4.07. The first kappa shape index (κ1) is 22.8. The molecule has 1 N–H and O–H groups in total. The lowest BCUT2D eigenvalue weighted by Gasteiger charge is -2.33. The first-order valence-corrected chi connectivity index (χ1v) is 12.0. The van der Waals surface area contributed by atoms with Crippen LogP contribution in [-0.4, -0.2) is 45.8 Å². The second kappa shape index (κ2) is 11.0. The van der Waals surface area contributed by atoms with E-state index >= 15 is 0 Å². The number of carbonyl (C=O) groups excluding carboxylic acids is 1. The summed E-state index contributed by atoms with van der Waals surface area (Å²) in [6, 6.07) is 8.22. The number of anilines is 1. The van der Waals surface area contributed by atoms with Gasteiger partial charge in [0.1, 0.15) is 10.9 Å². The fourth-order valence-corrected chi connectivity index (χ4v) is 5.30. The number of nitrogens with zero attached hydrogens (tertiary/aromatic N) is 2. The molecule has 1 aromatic carbocycles. The van der Waals surface area contributed by atoms with E-state index in [0.29, 0.717) is 9.23 Å². The van der Waals surface area contributed by atoms with Gasteiger partial charge in [-0.2, -0.15) is 0 Å². The Hall–Kier alpha value is -1.86. The fraction of sp³-hybridized carbons (Fsp3) is 0.522. The Labute approximate surface area is 188 Å². The first-order valence-electron chi connectivity index (χ1n) is 10.8. The van der Waals surface area contributed by atoms with Crippen molar-refractivity contribution < 1.29 is 14.7 Å². The second-order valence-corrected chi connectivity index (χ2v) is 9.71. The molecule has 2 aliphatic rings. The molecule has 0 bridgehead atoms. The van der Waals surface area contributed by atoms with Crippen LogP contribution in [0.2, 0.25) is 0 Å². The van der Waals surface area contributed by atoms with Crippen molar-refractivity contribution in [2.24, 2.45) is 5.92 Å². The molecule has 0 saturated carbocycles. The molecule has 7 heteroatoms. The molecule has 1 amide bonds. The minimum atomic E-state index is -1.07. The van der Waals surface area contributed by atoms with E-state index in [-0.39, 0.29) is 5.91 Å². The Kier molecular flexibility index (Phi) is 8.33. The normalized spacial score (nSPS) is 19.2. The monoisotopic (exact) mass is 446 g/mol. The lowest BCUT2D eigenvalue weighted by Crippen LogP contribution is -2.33. The Bertz CT molecular complexity index is 799. The Morgan fingerprint density at radius 1 is 1.20 bits per heavy atom. The molecule has 0 unspecified atom stereocenters. The van der Waals surface area contributed by atoms with Gasteiger partial charge in [0, 0.05) is 18.8 Å². The highest BCUT2D eigenvalue weighted by atomic mass is 32.2. The topological polar surface area (TPSA) is 60.9 Å². The van der Waals surface area contributed by atoms with Gasteiger partial charge in [0.15, 0.2) is 0 Å². The number of hydrogen-bond donors (Lipinski definition) is 1. The van der Waals surface area contributed by atoms with Crippen molar-refractivity contribution in [3.05, 3.63) is 34.7 Å². The standard InChI is InChI=1S/C23H30N2O3S2/c1-2-3-4-5-6-17-11-13-24(14-12-17)19-9-7-18(8-10-19)15-20-22(28)25(16-21(26)27)23(29)30-20/h7-10,15,17H,2-6,11-14,16H2,1H3,(H,26,27)/b20-15-. The van der Waals surface area contributed by atoms with Gasteiger partial charge in [-0.1, -0.05) is 75.1 Å². The first-order chi connectivity index (χ1) is 14.5. The van der Waals surface area contributed by atoms with Crippen molar-refractivity contribution in [2.45, 2.75) is 51.9 Å². The molecular weight excluding hydrogens is 416 g/mol. The zero-order valence-corrected chi connectivity index (χ0v) is 19.1.